The Bertz CT molecular complexity index is 235. The summed E-state index contributed by atoms with van der Waals surface area (Å²) in [7, 11) is 0. The highest BCUT2D eigenvalue weighted by Gasteiger charge is 1.98. The molecule has 66 valence electrons. The van der Waals surface area contributed by atoms with Gasteiger partial charge in [0.15, 0.2) is 0 Å². The van der Waals surface area contributed by atoms with Crippen molar-refractivity contribution in [2.45, 2.75) is 6.92 Å². The minimum Gasteiger partial charge on any atom is -0.399 e. The van der Waals surface area contributed by atoms with Crippen LogP contribution in [0.4, 0.5) is 11.4 Å². The maximum atomic E-state index is 5.53. The van der Waals surface area contributed by atoms with Crippen molar-refractivity contribution in [2.24, 2.45) is 5.84 Å². The van der Waals surface area contributed by atoms with Gasteiger partial charge in [-0.05, 0) is 31.2 Å². The van der Waals surface area contributed by atoms with E-state index in [1.165, 1.54) is 5.17 Å². The first-order chi connectivity index (χ1) is 5.74. The van der Waals surface area contributed by atoms with Crippen molar-refractivity contribution in [3.63, 3.8) is 0 Å². The van der Waals surface area contributed by atoms with E-state index in [-0.39, 0.29) is 0 Å². The zero-order valence-corrected chi connectivity index (χ0v) is 7.03. The summed E-state index contributed by atoms with van der Waals surface area (Å²) in [6, 6.07) is 7.14. The molecule has 0 aliphatic carbocycles. The molecule has 0 fully saturated rings. The van der Waals surface area contributed by atoms with Gasteiger partial charge >= 0.3 is 0 Å². The van der Waals surface area contributed by atoms with Crippen LogP contribution in [0.15, 0.2) is 24.3 Å². The molecule has 12 heavy (non-hydrogen) atoms. The Balaban J connectivity index is 2.68. The number of hydrazine groups is 1. The van der Waals surface area contributed by atoms with E-state index in [2.05, 4.69) is 0 Å². The summed E-state index contributed by atoms with van der Waals surface area (Å²) >= 11 is 0. The lowest BCUT2D eigenvalue weighted by Gasteiger charge is -2.16. The monoisotopic (exact) mass is 167 g/mol. The van der Waals surface area contributed by atoms with Gasteiger partial charge in [-0.15, -0.1) is 0 Å². The second-order valence-corrected chi connectivity index (χ2v) is 2.34. The smallest absolute Gasteiger partial charge is 0.0821 e. The van der Waals surface area contributed by atoms with Gasteiger partial charge in [-0.3, -0.25) is 4.84 Å². The maximum absolute atomic E-state index is 5.53. The van der Waals surface area contributed by atoms with Crippen molar-refractivity contribution in [3.05, 3.63) is 24.3 Å². The van der Waals surface area contributed by atoms with Crippen molar-refractivity contribution < 1.29 is 4.84 Å². The van der Waals surface area contributed by atoms with E-state index >= 15 is 0 Å². The van der Waals surface area contributed by atoms with Gasteiger partial charge in [0.25, 0.3) is 0 Å². The zero-order chi connectivity index (χ0) is 8.97. The second kappa shape index (κ2) is 3.94. The van der Waals surface area contributed by atoms with Crippen LogP contribution >= 0.6 is 0 Å². The molecular weight excluding hydrogens is 154 g/mol. The van der Waals surface area contributed by atoms with E-state index in [9.17, 15) is 0 Å². The standard InChI is InChI=1S/C8H13N3O/c1-2-12-11(10)8-5-3-7(9)4-6-8/h3-6H,2,9-10H2,1H3. The van der Waals surface area contributed by atoms with Gasteiger partial charge in [0.05, 0.1) is 12.3 Å². The Hall–Kier alpha value is -1.26. The molecule has 0 radical (unpaired) electrons. The normalized spacial score (nSPS) is 9.83. The minimum absolute atomic E-state index is 0.543. The molecule has 0 aliphatic rings. The Kier molecular flexibility index (Phi) is 2.90. The summed E-state index contributed by atoms with van der Waals surface area (Å²) in [5.74, 6) is 5.53. The number of benzene rings is 1. The third-order valence-corrected chi connectivity index (χ3v) is 1.42. The van der Waals surface area contributed by atoms with E-state index < -0.39 is 0 Å². The fourth-order valence-electron chi connectivity index (χ4n) is 0.835. The number of hydrogen-bond acceptors (Lipinski definition) is 4. The molecule has 0 atom stereocenters. The van der Waals surface area contributed by atoms with Gasteiger partial charge in [-0.25, -0.2) is 5.84 Å². The molecule has 0 unspecified atom stereocenters. The van der Waals surface area contributed by atoms with Crippen molar-refractivity contribution in [1.29, 1.82) is 0 Å². The number of nitrogens with two attached hydrogens (primary N) is 2. The molecule has 0 aliphatic heterocycles. The van der Waals surface area contributed by atoms with Gasteiger partial charge < -0.3 is 5.73 Å². The number of rotatable bonds is 3. The molecule has 0 saturated heterocycles. The minimum atomic E-state index is 0.543. The van der Waals surface area contributed by atoms with Crippen LogP contribution in [0.1, 0.15) is 6.92 Å². The molecule has 0 heterocycles. The SMILES string of the molecule is CCON(N)c1ccc(N)cc1. The Morgan fingerprint density at radius 1 is 1.33 bits per heavy atom. The summed E-state index contributed by atoms with van der Waals surface area (Å²) in [5.41, 5.74) is 7.00. The first kappa shape index (κ1) is 8.83. The van der Waals surface area contributed by atoms with Crippen molar-refractivity contribution in [2.75, 3.05) is 17.5 Å². The van der Waals surface area contributed by atoms with Crippen LogP contribution < -0.4 is 16.7 Å². The Morgan fingerprint density at radius 3 is 2.42 bits per heavy atom. The van der Waals surface area contributed by atoms with Crippen LogP contribution in [0.3, 0.4) is 0 Å². The lowest BCUT2D eigenvalue weighted by Crippen LogP contribution is -2.30. The average molecular weight is 167 g/mol. The Morgan fingerprint density at radius 2 is 1.92 bits per heavy atom. The highest BCUT2D eigenvalue weighted by atomic mass is 16.7. The van der Waals surface area contributed by atoms with E-state index in [0.29, 0.717) is 12.3 Å². The molecule has 0 aromatic heterocycles. The number of hydrogen-bond donors (Lipinski definition) is 2. The highest BCUT2D eigenvalue weighted by molar-refractivity contribution is 5.50. The zero-order valence-electron chi connectivity index (χ0n) is 7.03. The predicted molar refractivity (Wildman–Crippen MR) is 49.1 cm³/mol. The summed E-state index contributed by atoms with van der Waals surface area (Å²) in [6.45, 7) is 2.41. The lowest BCUT2D eigenvalue weighted by molar-refractivity contribution is 0.120. The molecule has 0 saturated carbocycles. The second-order valence-electron chi connectivity index (χ2n) is 2.34. The molecule has 1 rings (SSSR count). The van der Waals surface area contributed by atoms with Crippen LogP contribution in [0.5, 0.6) is 0 Å². The lowest BCUT2D eigenvalue weighted by atomic mass is 10.3. The molecule has 0 bridgehead atoms. The molecule has 4 nitrogen and oxygen atoms in total. The van der Waals surface area contributed by atoms with E-state index in [0.717, 1.165) is 5.69 Å². The maximum Gasteiger partial charge on any atom is 0.0821 e. The quantitative estimate of drug-likeness (QED) is 0.399. The van der Waals surface area contributed by atoms with E-state index in [4.69, 9.17) is 16.4 Å². The number of nitrogens with zero attached hydrogens (tertiary/aromatic N) is 1. The molecule has 0 amide bonds. The van der Waals surface area contributed by atoms with Gasteiger partial charge in [-0.2, -0.15) is 5.17 Å². The molecule has 1 aromatic carbocycles. The van der Waals surface area contributed by atoms with Gasteiger partial charge in [0.2, 0.25) is 0 Å². The largest absolute Gasteiger partial charge is 0.399 e. The summed E-state index contributed by atoms with van der Waals surface area (Å²) < 4.78 is 0. The molecule has 4 N–H and O–H groups in total. The average Bonchev–Trinajstić information content (AvgIpc) is 2.06. The molecule has 1 aromatic rings. The van der Waals surface area contributed by atoms with Crippen molar-refractivity contribution >= 4 is 11.4 Å². The van der Waals surface area contributed by atoms with Crippen LogP contribution in [-0.4, -0.2) is 6.61 Å². The third-order valence-electron chi connectivity index (χ3n) is 1.42. The van der Waals surface area contributed by atoms with Gasteiger partial charge in [0.1, 0.15) is 0 Å². The van der Waals surface area contributed by atoms with Crippen LogP contribution in [-0.2, 0) is 4.84 Å². The fraction of sp³-hybridized carbons (Fsp3) is 0.250. The predicted octanol–water partition coefficient (Wildman–Crippen LogP) is 0.900. The van der Waals surface area contributed by atoms with Crippen molar-refractivity contribution in [1.82, 2.24) is 0 Å². The third kappa shape index (κ3) is 2.11. The molecule has 4 heteroatoms. The first-order valence-electron chi connectivity index (χ1n) is 3.77. The fourth-order valence-corrected chi connectivity index (χ4v) is 0.835. The Labute approximate surface area is 71.6 Å². The first-order valence-corrected chi connectivity index (χ1v) is 3.77. The molecule has 0 spiro atoms. The number of nitrogen functional groups attached to an aromatic ring is 1. The highest BCUT2D eigenvalue weighted by Crippen LogP contribution is 2.13. The summed E-state index contributed by atoms with van der Waals surface area (Å²) in [4.78, 5) is 5.04. The summed E-state index contributed by atoms with van der Waals surface area (Å²) in [5, 5.41) is 1.22. The van der Waals surface area contributed by atoms with Crippen LogP contribution in [0.25, 0.3) is 0 Å². The van der Waals surface area contributed by atoms with Gasteiger partial charge in [-0.1, -0.05) is 0 Å². The van der Waals surface area contributed by atoms with Gasteiger partial charge in [0, 0.05) is 5.69 Å². The molecular formula is C8H13N3O. The summed E-state index contributed by atoms with van der Waals surface area (Å²) in [6.07, 6.45) is 0. The van der Waals surface area contributed by atoms with Crippen LogP contribution in [0, 0.1) is 0 Å². The van der Waals surface area contributed by atoms with Crippen LogP contribution in [0.2, 0.25) is 0 Å². The van der Waals surface area contributed by atoms with E-state index in [1.54, 1.807) is 24.3 Å². The topological polar surface area (TPSA) is 64.5 Å². The van der Waals surface area contributed by atoms with E-state index in [1.807, 2.05) is 6.92 Å². The van der Waals surface area contributed by atoms with Crippen molar-refractivity contribution in [3.8, 4) is 0 Å². The number of anilines is 2.